The Bertz CT molecular complexity index is 316. The van der Waals surface area contributed by atoms with Gasteiger partial charge >= 0.3 is 0 Å². The molecular weight excluding hydrogens is 198 g/mol. The van der Waals surface area contributed by atoms with Crippen molar-refractivity contribution in [3.63, 3.8) is 0 Å². The highest BCUT2D eigenvalue weighted by Gasteiger charge is 2.36. The second-order valence-electron chi connectivity index (χ2n) is 5.02. The van der Waals surface area contributed by atoms with Crippen LogP contribution in [0.5, 0.6) is 0 Å². The van der Waals surface area contributed by atoms with Crippen LogP contribution in [0.1, 0.15) is 26.7 Å². The lowest BCUT2D eigenvalue weighted by Gasteiger charge is -2.42. The third-order valence-electron chi connectivity index (χ3n) is 2.87. The number of anilines is 1. The number of aromatic nitrogens is 2. The number of nitrogen functional groups attached to an aromatic ring is 1. The number of hydrogen-bond donors (Lipinski definition) is 1. The maximum atomic E-state index is 5.82. The zero-order valence-corrected chi connectivity index (χ0v) is 9.38. The predicted octanol–water partition coefficient (Wildman–Crippen LogP) is 2.55. The molecule has 1 heterocycles. The molecule has 1 aromatic rings. The van der Waals surface area contributed by atoms with Crippen LogP contribution in [0, 0.1) is 11.3 Å². The summed E-state index contributed by atoms with van der Waals surface area (Å²) in [5, 5.41) is 4.70. The molecule has 1 fully saturated rings. The maximum absolute atomic E-state index is 5.82. The fourth-order valence-corrected chi connectivity index (χ4v) is 2.55. The zero-order chi connectivity index (χ0) is 10.3. The molecule has 0 radical (unpaired) electrons. The molecule has 1 aromatic heterocycles. The number of hydrogen-bond acceptors (Lipinski definition) is 2. The first-order valence-electron chi connectivity index (χ1n) is 4.95. The Kier molecular flexibility index (Phi) is 2.22. The van der Waals surface area contributed by atoms with Crippen LogP contribution in [0.4, 0.5) is 5.82 Å². The lowest BCUT2D eigenvalue weighted by atomic mass is 9.64. The summed E-state index contributed by atoms with van der Waals surface area (Å²) in [6, 6.07) is 0. The minimum Gasteiger partial charge on any atom is -0.381 e. The van der Waals surface area contributed by atoms with Gasteiger partial charge < -0.3 is 5.73 Å². The number of rotatable bonds is 2. The van der Waals surface area contributed by atoms with Crippen molar-refractivity contribution in [2.45, 2.75) is 33.2 Å². The van der Waals surface area contributed by atoms with Crippen molar-refractivity contribution in [2.24, 2.45) is 11.3 Å². The molecule has 0 saturated heterocycles. The average molecular weight is 214 g/mol. The van der Waals surface area contributed by atoms with Gasteiger partial charge in [0.15, 0.2) is 5.82 Å². The van der Waals surface area contributed by atoms with Crippen LogP contribution in [0.15, 0.2) is 6.20 Å². The van der Waals surface area contributed by atoms with E-state index in [1.165, 1.54) is 12.8 Å². The Hall–Kier alpha value is -0.700. The Morgan fingerprint density at radius 3 is 2.71 bits per heavy atom. The van der Waals surface area contributed by atoms with E-state index in [4.69, 9.17) is 17.3 Å². The third-order valence-corrected chi connectivity index (χ3v) is 3.16. The van der Waals surface area contributed by atoms with E-state index in [1.54, 1.807) is 0 Å². The molecule has 0 unspecified atom stereocenters. The van der Waals surface area contributed by atoms with Crippen molar-refractivity contribution >= 4 is 17.4 Å². The highest BCUT2D eigenvalue weighted by molar-refractivity contribution is 6.32. The summed E-state index contributed by atoms with van der Waals surface area (Å²) in [6.45, 7) is 5.54. The van der Waals surface area contributed by atoms with Gasteiger partial charge in [0.2, 0.25) is 0 Å². The van der Waals surface area contributed by atoms with Crippen LogP contribution in [-0.4, -0.2) is 9.78 Å². The van der Waals surface area contributed by atoms with Gasteiger partial charge in [-0.25, -0.2) is 0 Å². The Morgan fingerprint density at radius 2 is 2.29 bits per heavy atom. The minimum absolute atomic E-state index is 0.435. The smallest absolute Gasteiger partial charge is 0.164 e. The van der Waals surface area contributed by atoms with Gasteiger partial charge in [0, 0.05) is 12.7 Å². The monoisotopic (exact) mass is 213 g/mol. The van der Waals surface area contributed by atoms with Gasteiger partial charge in [0.05, 0.1) is 0 Å². The summed E-state index contributed by atoms with van der Waals surface area (Å²) in [5.41, 5.74) is 6.09. The standard InChI is InChI=1S/C10H16ClN3/c1-10(2)3-7(4-10)5-14-6-8(11)9(12)13-14/h6-7H,3-5H2,1-2H3,(H2,12,13). The number of halogens is 1. The van der Waals surface area contributed by atoms with E-state index in [0.29, 0.717) is 16.3 Å². The fourth-order valence-electron chi connectivity index (χ4n) is 2.40. The fraction of sp³-hybridized carbons (Fsp3) is 0.700. The zero-order valence-electron chi connectivity index (χ0n) is 8.63. The first-order valence-corrected chi connectivity index (χ1v) is 5.32. The van der Waals surface area contributed by atoms with E-state index in [1.807, 2.05) is 10.9 Å². The highest BCUT2D eigenvalue weighted by Crippen LogP contribution is 2.45. The summed E-state index contributed by atoms with van der Waals surface area (Å²) in [4.78, 5) is 0. The molecule has 0 atom stereocenters. The van der Waals surface area contributed by atoms with Gasteiger partial charge in [0.25, 0.3) is 0 Å². The van der Waals surface area contributed by atoms with E-state index >= 15 is 0 Å². The van der Waals surface area contributed by atoms with Gasteiger partial charge in [-0.3, -0.25) is 4.68 Å². The number of nitrogens with two attached hydrogens (primary N) is 1. The summed E-state index contributed by atoms with van der Waals surface area (Å²) >= 11 is 5.82. The van der Waals surface area contributed by atoms with Crippen LogP contribution < -0.4 is 5.73 Å². The molecule has 1 aliphatic carbocycles. The number of nitrogens with zero attached hydrogens (tertiary/aromatic N) is 2. The molecule has 2 rings (SSSR count). The van der Waals surface area contributed by atoms with Crippen LogP contribution in [0.3, 0.4) is 0 Å². The van der Waals surface area contributed by atoms with Crippen molar-refractivity contribution in [1.82, 2.24) is 9.78 Å². The third kappa shape index (κ3) is 1.87. The molecule has 3 nitrogen and oxygen atoms in total. The van der Waals surface area contributed by atoms with Gasteiger partial charge in [-0.1, -0.05) is 25.4 Å². The second kappa shape index (κ2) is 3.16. The Labute approximate surface area is 89.2 Å². The minimum atomic E-state index is 0.435. The summed E-state index contributed by atoms with van der Waals surface area (Å²) in [7, 11) is 0. The van der Waals surface area contributed by atoms with E-state index in [0.717, 1.165) is 12.5 Å². The van der Waals surface area contributed by atoms with Crippen molar-refractivity contribution in [1.29, 1.82) is 0 Å². The molecular formula is C10H16ClN3. The lowest BCUT2D eigenvalue weighted by Crippen LogP contribution is -2.34. The van der Waals surface area contributed by atoms with Crippen LogP contribution in [0.2, 0.25) is 5.02 Å². The summed E-state index contributed by atoms with van der Waals surface area (Å²) in [5.74, 6) is 1.17. The van der Waals surface area contributed by atoms with Crippen LogP contribution in [-0.2, 0) is 6.54 Å². The van der Waals surface area contributed by atoms with E-state index in [-0.39, 0.29) is 0 Å². The van der Waals surface area contributed by atoms with Gasteiger partial charge in [-0.2, -0.15) is 5.10 Å². The van der Waals surface area contributed by atoms with Gasteiger partial charge in [-0.15, -0.1) is 0 Å². The SMILES string of the molecule is CC1(C)CC(Cn2cc(Cl)c(N)n2)C1. The van der Waals surface area contributed by atoms with Crippen molar-refractivity contribution in [2.75, 3.05) is 5.73 Å². The molecule has 0 spiro atoms. The quantitative estimate of drug-likeness (QED) is 0.821. The normalized spacial score (nSPS) is 20.8. The van der Waals surface area contributed by atoms with Gasteiger partial charge in [-0.05, 0) is 24.2 Å². The molecule has 78 valence electrons. The molecule has 2 N–H and O–H groups in total. The molecule has 4 heteroatoms. The molecule has 14 heavy (non-hydrogen) atoms. The Balaban J connectivity index is 1.93. The maximum Gasteiger partial charge on any atom is 0.164 e. The molecule has 0 aromatic carbocycles. The largest absolute Gasteiger partial charge is 0.381 e. The highest BCUT2D eigenvalue weighted by atomic mass is 35.5. The van der Waals surface area contributed by atoms with Crippen LogP contribution >= 0.6 is 11.6 Å². The molecule has 1 aliphatic rings. The molecule has 0 bridgehead atoms. The van der Waals surface area contributed by atoms with Crippen molar-refractivity contribution in [3.8, 4) is 0 Å². The summed E-state index contributed by atoms with van der Waals surface area (Å²) in [6.07, 6.45) is 4.34. The van der Waals surface area contributed by atoms with E-state index in [9.17, 15) is 0 Å². The average Bonchev–Trinajstić information content (AvgIpc) is 2.27. The van der Waals surface area contributed by atoms with E-state index in [2.05, 4.69) is 18.9 Å². The van der Waals surface area contributed by atoms with Crippen LogP contribution in [0.25, 0.3) is 0 Å². The lowest BCUT2D eigenvalue weighted by molar-refractivity contribution is 0.0801. The summed E-state index contributed by atoms with van der Waals surface area (Å²) < 4.78 is 1.86. The van der Waals surface area contributed by atoms with E-state index < -0.39 is 0 Å². The van der Waals surface area contributed by atoms with Crippen molar-refractivity contribution in [3.05, 3.63) is 11.2 Å². The molecule has 0 aliphatic heterocycles. The predicted molar refractivity (Wildman–Crippen MR) is 58.2 cm³/mol. The van der Waals surface area contributed by atoms with Crippen molar-refractivity contribution < 1.29 is 0 Å². The first-order chi connectivity index (χ1) is 6.46. The second-order valence-corrected chi connectivity index (χ2v) is 5.43. The topological polar surface area (TPSA) is 43.8 Å². The molecule has 0 amide bonds. The Morgan fingerprint density at radius 1 is 1.64 bits per heavy atom. The molecule has 1 saturated carbocycles. The van der Waals surface area contributed by atoms with Gasteiger partial charge in [0.1, 0.15) is 5.02 Å². The first kappa shape index (κ1) is 9.84.